The van der Waals surface area contributed by atoms with Crippen LogP contribution in [0.25, 0.3) is 0 Å². The first kappa shape index (κ1) is 14.0. The average Bonchev–Trinajstić information content (AvgIpc) is 2.32. The number of rotatable bonds is 3. The predicted octanol–water partition coefficient (Wildman–Crippen LogP) is 5.00. The van der Waals surface area contributed by atoms with E-state index in [-0.39, 0.29) is 5.69 Å². The standard InChI is InChI=1S/C12H7Br2FN2O2/c13-7-4-5-10(8(14)6-7)16-11-3-1-2-9(15)12(11)17(18)19/h1-6,16H. The summed E-state index contributed by atoms with van der Waals surface area (Å²) in [4.78, 5) is 10.1. The summed E-state index contributed by atoms with van der Waals surface area (Å²) >= 11 is 6.63. The predicted molar refractivity (Wildman–Crippen MR) is 78.2 cm³/mol. The Morgan fingerprint density at radius 1 is 1.16 bits per heavy atom. The fourth-order valence-electron chi connectivity index (χ4n) is 1.54. The number of halogens is 3. The molecule has 0 spiro atoms. The summed E-state index contributed by atoms with van der Waals surface area (Å²) in [6, 6.07) is 9.21. The second kappa shape index (κ2) is 5.66. The lowest BCUT2D eigenvalue weighted by Gasteiger charge is -2.09. The fourth-order valence-corrected chi connectivity index (χ4v) is 2.68. The molecule has 98 valence electrons. The van der Waals surface area contributed by atoms with Crippen LogP contribution in [0.2, 0.25) is 0 Å². The zero-order valence-electron chi connectivity index (χ0n) is 9.36. The van der Waals surface area contributed by atoms with Gasteiger partial charge in [-0.05, 0) is 46.3 Å². The van der Waals surface area contributed by atoms with Gasteiger partial charge in [0.2, 0.25) is 5.82 Å². The molecule has 0 aromatic heterocycles. The monoisotopic (exact) mass is 388 g/mol. The van der Waals surface area contributed by atoms with Crippen LogP contribution in [-0.2, 0) is 0 Å². The summed E-state index contributed by atoms with van der Waals surface area (Å²) in [6.07, 6.45) is 0. The summed E-state index contributed by atoms with van der Waals surface area (Å²) in [5.74, 6) is -0.872. The Labute approximate surface area is 125 Å². The molecule has 0 heterocycles. The summed E-state index contributed by atoms with van der Waals surface area (Å²) in [7, 11) is 0. The molecule has 0 aliphatic rings. The Kier molecular flexibility index (Phi) is 4.16. The maximum atomic E-state index is 13.5. The van der Waals surface area contributed by atoms with Crippen molar-refractivity contribution in [2.45, 2.75) is 0 Å². The van der Waals surface area contributed by atoms with Gasteiger partial charge in [-0.2, -0.15) is 4.39 Å². The van der Waals surface area contributed by atoms with Crippen molar-refractivity contribution in [2.24, 2.45) is 0 Å². The number of para-hydroxylation sites is 1. The van der Waals surface area contributed by atoms with Gasteiger partial charge in [0, 0.05) is 8.95 Å². The largest absolute Gasteiger partial charge is 0.349 e. The molecular weight excluding hydrogens is 383 g/mol. The Balaban J connectivity index is 2.44. The van der Waals surface area contributed by atoms with E-state index < -0.39 is 16.4 Å². The Hall–Kier alpha value is -1.47. The molecule has 0 saturated carbocycles. The zero-order valence-corrected chi connectivity index (χ0v) is 12.5. The van der Waals surface area contributed by atoms with Crippen molar-refractivity contribution in [3.63, 3.8) is 0 Å². The van der Waals surface area contributed by atoms with E-state index in [0.717, 1.165) is 10.5 Å². The summed E-state index contributed by atoms with van der Waals surface area (Å²) in [5.41, 5.74) is 0.141. The van der Waals surface area contributed by atoms with Crippen LogP contribution < -0.4 is 5.32 Å². The minimum atomic E-state index is -0.872. The summed E-state index contributed by atoms with van der Waals surface area (Å²) in [5, 5.41) is 13.7. The molecular formula is C12H7Br2FN2O2. The smallest absolute Gasteiger partial charge is 0.327 e. The zero-order chi connectivity index (χ0) is 14.0. The van der Waals surface area contributed by atoms with Crippen LogP contribution >= 0.6 is 31.9 Å². The lowest BCUT2D eigenvalue weighted by Crippen LogP contribution is -2.00. The number of hydrogen-bond donors (Lipinski definition) is 1. The third kappa shape index (κ3) is 3.10. The molecule has 0 aliphatic carbocycles. The van der Waals surface area contributed by atoms with Gasteiger partial charge >= 0.3 is 5.69 Å². The van der Waals surface area contributed by atoms with E-state index in [1.807, 2.05) is 0 Å². The Morgan fingerprint density at radius 3 is 2.53 bits per heavy atom. The number of benzene rings is 2. The molecule has 2 rings (SSSR count). The van der Waals surface area contributed by atoms with E-state index in [0.29, 0.717) is 10.2 Å². The first-order valence-corrected chi connectivity index (χ1v) is 6.72. The second-order valence-electron chi connectivity index (χ2n) is 3.64. The molecule has 0 unspecified atom stereocenters. The van der Waals surface area contributed by atoms with Crippen molar-refractivity contribution in [1.29, 1.82) is 0 Å². The lowest BCUT2D eigenvalue weighted by atomic mass is 10.2. The van der Waals surface area contributed by atoms with Gasteiger partial charge in [-0.25, -0.2) is 0 Å². The highest BCUT2D eigenvalue weighted by Crippen LogP contribution is 2.33. The minimum absolute atomic E-state index is 0.105. The fraction of sp³-hybridized carbons (Fsp3) is 0. The van der Waals surface area contributed by atoms with E-state index in [1.54, 1.807) is 18.2 Å². The van der Waals surface area contributed by atoms with Crippen molar-refractivity contribution in [3.8, 4) is 0 Å². The topological polar surface area (TPSA) is 55.2 Å². The van der Waals surface area contributed by atoms with Crippen molar-refractivity contribution in [2.75, 3.05) is 5.32 Å². The molecule has 4 nitrogen and oxygen atoms in total. The first-order chi connectivity index (χ1) is 8.99. The first-order valence-electron chi connectivity index (χ1n) is 5.14. The van der Waals surface area contributed by atoms with E-state index in [1.165, 1.54) is 12.1 Å². The molecule has 0 fully saturated rings. The Morgan fingerprint density at radius 2 is 1.89 bits per heavy atom. The highest BCUT2D eigenvalue weighted by atomic mass is 79.9. The van der Waals surface area contributed by atoms with E-state index in [9.17, 15) is 14.5 Å². The summed E-state index contributed by atoms with van der Waals surface area (Å²) < 4.78 is 15.0. The number of anilines is 2. The van der Waals surface area contributed by atoms with E-state index in [4.69, 9.17) is 0 Å². The molecule has 2 aromatic carbocycles. The molecule has 0 bridgehead atoms. The molecule has 7 heteroatoms. The van der Waals surface area contributed by atoms with Crippen LogP contribution in [0, 0.1) is 15.9 Å². The number of hydrogen-bond acceptors (Lipinski definition) is 3. The minimum Gasteiger partial charge on any atom is -0.349 e. The second-order valence-corrected chi connectivity index (χ2v) is 5.41. The Bertz CT molecular complexity index is 650. The number of nitrogens with zero attached hydrogens (tertiary/aromatic N) is 1. The quantitative estimate of drug-likeness (QED) is 0.593. The van der Waals surface area contributed by atoms with Crippen LogP contribution in [0.4, 0.5) is 21.5 Å². The highest BCUT2D eigenvalue weighted by molar-refractivity contribution is 9.11. The molecule has 2 aromatic rings. The number of nitro benzene ring substituents is 1. The lowest BCUT2D eigenvalue weighted by molar-refractivity contribution is -0.386. The van der Waals surface area contributed by atoms with Gasteiger partial charge in [0.25, 0.3) is 0 Å². The molecule has 19 heavy (non-hydrogen) atoms. The van der Waals surface area contributed by atoms with Crippen LogP contribution in [0.3, 0.4) is 0 Å². The average molecular weight is 390 g/mol. The van der Waals surface area contributed by atoms with Gasteiger partial charge in [0.15, 0.2) is 0 Å². The number of nitro groups is 1. The van der Waals surface area contributed by atoms with Crippen LogP contribution in [0.5, 0.6) is 0 Å². The van der Waals surface area contributed by atoms with Gasteiger partial charge in [-0.3, -0.25) is 10.1 Å². The van der Waals surface area contributed by atoms with Crippen molar-refractivity contribution in [3.05, 3.63) is 61.3 Å². The van der Waals surface area contributed by atoms with Crippen LogP contribution in [0.15, 0.2) is 45.3 Å². The van der Waals surface area contributed by atoms with Gasteiger partial charge in [-0.15, -0.1) is 0 Å². The maximum absolute atomic E-state index is 13.5. The molecule has 0 aliphatic heterocycles. The molecule has 0 amide bonds. The van der Waals surface area contributed by atoms with Gasteiger partial charge < -0.3 is 5.32 Å². The maximum Gasteiger partial charge on any atom is 0.327 e. The van der Waals surface area contributed by atoms with Gasteiger partial charge in [0.05, 0.1) is 10.6 Å². The number of nitrogens with one attached hydrogen (secondary N) is 1. The highest BCUT2D eigenvalue weighted by Gasteiger charge is 2.20. The molecule has 1 N–H and O–H groups in total. The van der Waals surface area contributed by atoms with Crippen molar-refractivity contribution in [1.82, 2.24) is 0 Å². The molecule has 0 saturated heterocycles. The summed E-state index contributed by atoms with van der Waals surface area (Å²) in [6.45, 7) is 0. The van der Waals surface area contributed by atoms with Crippen molar-refractivity contribution < 1.29 is 9.31 Å². The van der Waals surface area contributed by atoms with E-state index >= 15 is 0 Å². The van der Waals surface area contributed by atoms with Gasteiger partial charge in [0.1, 0.15) is 5.69 Å². The van der Waals surface area contributed by atoms with E-state index in [2.05, 4.69) is 37.2 Å². The normalized spacial score (nSPS) is 10.3. The third-order valence-electron chi connectivity index (χ3n) is 2.37. The SMILES string of the molecule is O=[N+]([O-])c1c(F)cccc1Nc1ccc(Br)cc1Br. The molecule has 0 atom stereocenters. The molecule has 0 radical (unpaired) electrons. The third-order valence-corrected chi connectivity index (χ3v) is 3.52. The van der Waals surface area contributed by atoms with Crippen molar-refractivity contribution >= 4 is 48.9 Å². The van der Waals surface area contributed by atoms with Crippen LogP contribution in [0.1, 0.15) is 0 Å². The van der Waals surface area contributed by atoms with Gasteiger partial charge in [-0.1, -0.05) is 22.0 Å². The van der Waals surface area contributed by atoms with Crippen LogP contribution in [-0.4, -0.2) is 4.92 Å².